The molecule has 3 aromatic rings. The Bertz CT molecular complexity index is 1160. The molecule has 32 heavy (non-hydrogen) atoms. The van der Waals surface area contributed by atoms with Crippen LogP contribution in [-0.2, 0) is 10.0 Å². The Labute approximate surface area is 190 Å². The van der Waals surface area contributed by atoms with Crippen LogP contribution in [0.2, 0.25) is 0 Å². The minimum absolute atomic E-state index is 0.262. The van der Waals surface area contributed by atoms with Gasteiger partial charge in [-0.25, -0.2) is 13.1 Å². The molecule has 1 fully saturated rings. The lowest BCUT2D eigenvalue weighted by atomic mass is 10.1. The first kappa shape index (κ1) is 22.2. The van der Waals surface area contributed by atoms with Gasteiger partial charge in [0.15, 0.2) is 0 Å². The van der Waals surface area contributed by atoms with E-state index in [-0.39, 0.29) is 4.90 Å². The van der Waals surface area contributed by atoms with Gasteiger partial charge in [-0.3, -0.25) is 4.98 Å². The molecule has 0 bridgehead atoms. The second-order valence-electron chi connectivity index (χ2n) is 7.84. The molecular weight excluding hydrogens is 420 g/mol. The van der Waals surface area contributed by atoms with Gasteiger partial charge in [0.05, 0.1) is 4.90 Å². The summed E-state index contributed by atoms with van der Waals surface area (Å²) >= 11 is 0. The zero-order valence-electron chi connectivity index (χ0n) is 17.9. The Hall–Kier alpha value is -3.00. The third-order valence-corrected chi connectivity index (χ3v) is 6.87. The van der Waals surface area contributed by atoms with Crippen LogP contribution in [0.4, 0.5) is 11.4 Å². The summed E-state index contributed by atoms with van der Waals surface area (Å²) in [6.07, 6.45) is 9.98. The summed E-state index contributed by atoms with van der Waals surface area (Å²) in [4.78, 5) is 6.58. The lowest BCUT2D eigenvalue weighted by molar-refractivity contribution is 0.344. The average Bonchev–Trinajstić information content (AvgIpc) is 3.32. The Balaban J connectivity index is 1.40. The van der Waals surface area contributed by atoms with Gasteiger partial charge in [-0.1, -0.05) is 30.4 Å². The molecular formula is C25H28N4O2S. The van der Waals surface area contributed by atoms with Crippen molar-refractivity contribution in [2.75, 3.05) is 31.5 Å². The van der Waals surface area contributed by atoms with E-state index in [2.05, 4.69) is 19.9 Å². The summed E-state index contributed by atoms with van der Waals surface area (Å²) in [6.45, 7) is 3.28. The first-order valence-electron chi connectivity index (χ1n) is 10.9. The Morgan fingerprint density at radius 1 is 0.875 bits per heavy atom. The maximum absolute atomic E-state index is 12.7. The predicted octanol–water partition coefficient (Wildman–Crippen LogP) is 4.37. The molecule has 1 saturated heterocycles. The maximum atomic E-state index is 12.7. The van der Waals surface area contributed by atoms with Crippen molar-refractivity contribution < 1.29 is 8.42 Å². The van der Waals surface area contributed by atoms with E-state index in [9.17, 15) is 8.42 Å². The molecule has 7 heteroatoms. The van der Waals surface area contributed by atoms with Gasteiger partial charge in [0, 0.05) is 36.9 Å². The fourth-order valence-electron chi connectivity index (χ4n) is 3.72. The van der Waals surface area contributed by atoms with Gasteiger partial charge in [-0.2, -0.15) is 0 Å². The summed E-state index contributed by atoms with van der Waals surface area (Å²) < 4.78 is 28.2. The Kier molecular flexibility index (Phi) is 7.32. The first-order chi connectivity index (χ1) is 15.6. The van der Waals surface area contributed by atoms with Crippen molar-refractivity contribution in [3.63, 3.8) is 0 Å². The van der Waals surface area contributed by atoms with Crippen molar-refractivity contribution in [1.29, 1.82) is 0 Å². The Morgan fingerprint density at radius 2 is 1.56 bits per heavy atom. The quantitative estimate of drug-likeness (QED) is 0.509. The number of hydrogen-bond acceptors (Lipinski definition) is 5. The van der Waals surface area contributed by atoms with Gasteiger partial charge in [-0.05, 0) is 79.5 Å². The van der Waals surface area contributed by atoms with E-state index in [4.69, 9.17) is 0 Å². The van der Waals surface area contributed by atoms with E-state index in [0.717, 1.165) is 42.1 Å². The second-order valence-corrected chi connectivity index (χ2v) is 9.61. The molecule has 0 unspecified atom stereocenters. The standard InChI is InChI=1S/C25H28N4O2S/c30-32(31,27-15-18-29-16-1-2-17-29)25-8-4-7-24(20-25)28-23-6-3-5-22(19-23)10-9-21-11-13-26-14-12-21/h3-14,19-20,27-28H,1-2,15-18H2. The van der Waals surface area contributed by atoms with E-state index in [1.54, 1.807) is 30.6 Å². The number of anilines is 2. The summed E-state index contributed by atoms with van der Waals surface area (Å²) in [5.74, 6) is 0. The second kappa shape index (κ2) is 10.5. The lowest BCUT2D eigenvalue weighted by Crippen LogP contribution is -2.33. The smallest absolute Gasteiger partial charge is 0.240 e. The normalized spacial score (nSPS) is 14.8. The molecule has 1 aromatic heterocycles. The van der Waals surface area contributed by atoms with E-state index >= 15 is 0 Å². The molecule has 1 aliphatic heterocycles. The van der Waals surface area contributed by atoms with Crippen molar-refractivity contribution in [3.8, 4) is 0 Å². The molecule has 2 N–H and O–H groups in total. The molecule has 4 rings (SSSR count). The summed E-state index contributed by atoms with van der Waals surface area (Å²) in [5.41, 5.74) is 3.73. The van der Waals surface area contributed by atoms with E-state index in [1.165, 1.54) is 12.8 Å². The summed E-state index contributed by atoms with van der Waals surface area (Å²) in [7, 11) is -3.55. The molecule has 0 radical (unpaired) electrons. The lowest BCUT2D eigenvalue weighted by Gasteiger charge is -2.15. The molecule has 0 atom stereocenters. The van der Waals surface area contributed by atoms with Crippen LogP contribution in [0.5, 0.6) is 0 Å². The van der Waals surface area contributed by atoms with Crippen LogP contribution in [-0.4, -0.2) is 44.5 Å². The summed E-state index contributed by atoms with van der Waals surface area (Å²) in [5, 5.41) is 3.31. The highest BCUT2D eigenvalue weighted by Gasteiger charge is 2.16. The number of benzene rings is 2. The number of sulfonamides is 1. The number of pyridine rings is 1. The number of nitrogens with zero attached hydrogens (tertiary/aromatic N) is 2. The van der Waals surface area contributed by atoms with Crippen molar-refractivity contribution in [2.45, 2.75) is 17.7 Å². The SMILES string of the molecule is O=S(=O)(NCCN1CCCC1)c1cccc(Nc2cccc(C=Cc3ccncc3)c2)c1. The van der Waals surface area contributed by atoms with E-state index < -0.39 is 10.0 Å². The van der Waals surface area contributed by atoms with E-state index in [0.29, 0.717) is 6.54 Å². The van der Waals surface area contributed by atoms with Crippen LogP contribution in [0.3, 0.4) is 0 Å². The molecule has 0 amide bonds. The Morgan fingerprint density at radius 3 is 2.34 bits per heavy atom. The molecule has 0 saturated carbocycles. The molecule has 1 aliphatic rings. The molecule has 2 aromatic carbocycles. The number of likely N-dealkylation sites (tertiary alicyclic amines) is 1. The number of hydrogen-bond donors (Lipinski definition) is 2. The highest BCUT2D eigenvalue weighted by atomic mass is 32.2. The van der Waals surface area contributed by atoms with Crippen LogP contribution in [0.25, 0.3) is 12.2 Å². The van der Waals surface area contributed by atoms with Crippen molar-refractivity contribution in [2.24, 2.45) is 0 Å². The van der Waals surface area contributed by atoms with Crippen LogP contribution in [0, 0.1) is 0 Å². The highest BCUT2D eigenvalue weighted by molar-refractivity contribution is 7.89. The number of nitrogens with one attached hydrogen (secondary N) is 2. The largest absolute Gasteiger partial charge is 0.355 e. The van der Waals surface area contributed by atoms with E-state index in [1.807, 2.05) is 54.6 Å². The van der Waals surface area contributed by atoms with Gasteiger partial charge in [0.1, 0.15) is 0 Å². The van der Waals surface area contributed by atoms with Gasteiger partial charge in [0.25, 0.3) is 0 Å². The number of rotatable bonds is 9. The molecule has 2 heterocycles. The molecule has 6 nitrogen and oxygen atoms in total. The minimum Gasteiger partial charge on any atom is -0.355 e. The van der Waals surface area contributed by atoms with Crippen molar-refractivity contribution in [1.82, 2.24) is 14.6 Å². The number of aromatic nitrogens is 1. The maximum Gasteiger partial charge on any atom is 0.240 e. The monoisotopic (exact) mass is 448 g/mol. The van der Waals surface area contributed by atoms with Crippen molar-refractivity contribution in [3.05, 3.63) is 84.2 Å². The molecule has 166 valence electrons. The van der Waals surface area contributed by atoms with Crippen LogP contribution in [0.1, 0.15) is 24.0 Å². The third kappa shape index (κ3) is 6.26. The topological polar surface area (TPSA) is 74.3 Å². The summed E-state index contributed by atoms with van der Waals surface area (Å²) in [6, 6.07) is 18.8. The van der Waals surface area contributed by atoms with Crippen LogP contribution >= 0.6 is 0 Å². The highest BCUT2D eigenvalue weighted by Crippen LogP contribution is 2.22. The van der Waals surface area contributed by atoms with Gasteiger partial charge < -0.3 is 10.2 Å². The van der Waals surface area contributed by atoms with Crippen molar-refractivity contribution >= 4 is 33.6 Å². The van der Waals surface area contributed by atoms with Gasteiger partial charge in [0.2, 0.25) is 10.0 Å². The average molecular weight is 449 g/mol. The zero-order chi connectivity index (χ0) is 22.2. The predicted molar refractivity (Wildman–Crippen MR) is 130 cm³/mol. The zero-order valence-corrected chi connectivity index (χ0v) is 18.8. The van der Waals surface area contributed by atoms with Crippen LogP contribution in [0.15, 0.2) is 78.0 Å². The minimum atomic E-state index is -3.55. The third-order valence-electron chi connectivity index (χ3n) is 5.41. The fraction of sp³-hybridized carbons (Fsp3) is 0.240. The van der Waals surface area contributed by atoms with Gasteiger partial charge in [-0.15, -0.1) is 0 Å². The van der Waals surface area contributed by atoms with Crippen LogP contribution < -0.4 is 10.0 Å². The molecule has 0 spiro atoms. The first-order valence-corrected chi connectivity index (χ1v) is 12.3. The fourth-order valence-corrected chi connectivity index (χ4v) is 4.79. The molecule has 0 aliphatic carbocycles. The van der Waals surface area contributed by atoms with Gasteiger partial charge >= 0.3 is 0 Å².